The van der Waals surface area contributed by atoms with Crippen LogP contribution in [0.25, 0.3) is 0 Å². The number of Topliss-reactive ketones (excluding diaryl/α,β-unsaturated/α-hetero) is 1. The molecule has 2 aromatic rings. The summed E-state index contributed by atoms with van der Waals surface area (Å²) in [5.74, 6) is -0.0343. The Balaban J connectivity index is 2.07. The van der Waals surface area contributed by atoms with Gasteiger partial charge in [-0.3, -0.25) is 4.79 Å². The molecule has 1 heterocycles. The van der Waals surface area contributed by atoms with E-state index in [1.54, 1.807) is 18.3 Å². The fourth-order valence-corrected chi connectivity index (χ4v) is 1.61. The third-order valence-electron chi connectivity index (χ3n) is 2.53. The smallest absolute Gasteiger partial charge is 0.161 e. The van der Waals surface area contributed by atoms with E-state index in [9.17, 15) is 4.79 Å². The van der Waals surface area contributed by atoms with Gasteiger partial charge in [0.2, 0.25) is 0 Å². The van der Waals surface area contributed by atoms with Crippen LogP contribution in [-0.4, -0.2) is 16.0 Å². The molecule has 5 heteroatoms. The maximum absolute atomic E-state index is 11.2. The molecule has 0 aliphatic rings. The topological polar surface area (TPSA) is 80.9 Å². The van der Waals surface area contributed by atoms with Crippen LogP contribution in [0.1, 0.15) is 23.0 Å². The van der Waals surface area contributed by atoms with E-state index >= 15 is 0 Å². The van der Waals surface area contributed by atoms with Crippen LogP contribution < -0.4 is 11.1 Å². The Morgan fingerprint density at radius 3 is 2.83 bits per heavy atom. The highest BCUT2D eigenvalue weighted by molar-refractivity contribution is 5.99. The predicted octanol–water partition coefficient (Wildman–Crippen LogP) is 1.87. The number of anilines is 2. The number of carbonyl (C=O) groups excluding carboxylic acids is 1. The zero-order chi connectivity index (χ0) is 13.0. The highest BCUT2D eigenvalue weighted by Gasteiger charge is 2.05. The first kappa shape index (κ1) is 12.0. The van der Waals surface area contributed by atoms with Crippen LogP contribution in [0.5, 0.6) is 0 Å². The van der Waals surface area contributed by atoms with Gasteiger partial charge in [-0.05, 0) is 37.3 Å². The minimum atomic E-state index is -0.0343. The molecule has 0 amide bonds. The largest absolute Gasteiger partial charge is 0.398 e. The lowest BCUT2D eigenvalue weighted by atomic mass is 10.1. The molecule has 0 saturated heterocycles. The monoisotopic (exact) mass is 242 g/mol. The molecule has 3 N–H and O–H groups in total. The van der Waals surface area contributed by atoms with Gasteiger partial charge in [-0.1, -0.05) is 0 Å². The molecule has 92 valence electrons. The highest BCUT2D eigenvalue weighted by atomic mass is 16.1. The van der Waals surface area contributed by atoms with E-state index in [2.05, 4.69) is 15.5 Å². The summed E-state index contributed by atoms with van der Waals surface area (Å²) in [7, 11) is 0. The summed E-state index contributed by atoms with van der Waals surface area (Å²) in [5, 5.41) is 10.9. The summed E-state index contributed by atoms with van der Waals surface area (Å²) in [6.07, 6.45) is 1.63. The molecule has 0 bridgehead atoms. The Morgan fingerprint density at radius 2 is 2.22 bits per heavy atom. The molecule has 0 aliphatic heterocycles. The predicted molar refractivity (Wildman–Crippen MR) is 70.2 cm³/mol. The van der Waals surface area contributed by atoms with Gasteiger partial charge in [0.25, 0.3) is 0 Å². The molecular weight excluding hydrogens is 228 g/mol. The number of carbonyl (C=O) groups is 1. The molecule has 0 saturated carbocycles. The second-order valence-corrected chi connectivity index (χ2v) is 3.93. The van der Waals surface area contributed by atoms with Crippen LogP contribution in [0.4, 0.5) is 11.4 Å². The SMILES string of the molecule is CC(=O)c1ccc(NCc2cccnn2)cc1N. The number of nitrogen functional groups attached to an aromatic ring is 1. The molecule has 0 fully saturated rings. The average molecular weight is 242 g/mol. The van der Waals surface area contributed by atoms with Gasteiger partial charge in [0.1, 0.15) is 0 Å². The maximum atomic E-state index is 11.2. The zero-order valence-corrected chi connectivity index (χ0v) is 10.1. The van der Waals surface area contributed by atoms with Crippen molar-refractivity contribution in [2.75, 3.05) is 11.1 Å². The Morgan fingerprint density at radius 1 is 1.39 bits per heavy atom. The van der Waals surface area contributed by atoms with E-state index in [0.717, 1.165) is 11.4 Å². The minimum absolute atomic E-state index is 0.0343. The first-order valence-corrected chi connectivity index (χ1v) is 5.58. The molecule has 1 aromatic carbocycles. The quantitative estimate of drug-likeness (QED) is 0.632. The van der Waals surface area contributed by atoms with Crippen LogP contribution in [0.3, 0.4) is 0 Å². The van der Waals surface area contributed by atoms with E-state index in [4.69, 9.17) is 5.73 Å². The summed E-state index contributed by atoms with van der Waals surface area (Å²) >= 11 is 0. The van der Waals surface area contributed by atoms with Crippen molar-refractivity contribution < 1.29 is 4.79 Å². The first-order valence-electron chi connectivity index (χ1n) is 5.58. The lowest BCUT2D eigenvalue weighted by Crippen LogP contribution is -2.04. The van der Waals surface area contributed by atoms with Crippen LogP contribution in [-0.2, 0) is 6.54 Å². The van der Waals surface area contributed by atoms with Gasteiger partial charge in [0.15, 0.2) is 5.78 Å². The van der Waals surface area contributed by atoms with E-state index in [1.165, 1.54) is 6.92 Å². The molecule has 5 nitrogen and oxygen atoms in total. The summed E-state index contributed by atoms with van der Waals surface area (Å²) in [5.41, 5.74) is 8.51. The number of hydrogen-bond donors (Lipinski definition) is 2. The molecule has 2 rings (SSSR count). The second-order valence-electron chi connectivity index (χ2n) is 3.93. The first-order chi connectivity index (χ1) is 8.66. The molecule has 1 aromatic heterocycles. The summed E-state index contributed by atoms with van der Waals surface area (Å²) in [4.78, 5) is 11.2. The fraction of sp³-hybridized carbons (Fsp3) is 0.154. The van der Waals surface area contributed by atoms with Gasteiger partial charge in [-0.25, -0.2) is 0 Å². The Bertz CT molecular complexity index is 554. The standard InChI is InChI=1S/C13H14N4O/c1-9(18)12-5-4-10(7-13(12)14)15-8-11-3-2-6-16-17-11/h2-7,15H,8,14H2,1H3. The van der Waals surface area contributed by atoms with Crippen molar-refractivity contribution in [3.05, 3.63) is 47.8 Å². The van der Waals surface area contributed by atoms with Gasteiger partial charge in [-0.15, -0.1) is 0 Å². The lowest BCUT2D eigenvalue weighted by molar-refractivity contribution is 0.101. The van der Waals surface area contributed by atoms with Crippen molar-refractivity contribution in [1.82, 2.24) is 10.2 Å². The number of nitrogens with zero attached hydrogens (tertiary/aromatic N) is 2. The van der Waals surface area contributed by atoms with Crippen LogP contribution in [0.15, 0.2) is 36.5 Å². The maximum Gasteiger partial charge on any atom is 0.161 e. The number of aromatic nitrogens is 2. The average Bonchev–Trinajstić information content (AvgIpc) is 2.37. The summed E-state index contributed by atoms with van der Waals surface area (Å²) in [6.45, 7) is 2.06. The molecular formula is C13H14N4O. The molecule has 0 aliphatic carbocycles. The van der Waals surface area contributed by atoms with E-state index < -0.39 is 0 Å². The van der Waals surface area contributed by atoms with Crippen molar-refractivity contribution in [3.63, 3.8) is 0 Å². The fourth-order valence-electron chi connectivity index (χ4n) is 1.61. The molecule has 18 heavy (non-hydrogen) atoms. The van der Waals surface area contributed by atoms with Crippen LogP contribution >= 0.6 is 0 Å². The van der Waals surface area contributed by atoms with E-state index in [0.29, 0.717) is 17.8 Å². The van der Waals surface area contributed by atoms with Gasteiger partial charge < -0.3 is 11.1 Å². The van der Waals surface area contributed by atoms with Crippen LogP contribution in [0.2, 0.25) is 0 Å². The second kappa shape index (κ2) is 5.27. The van der Waals surface area contributed by atoms with Crippen molar-refractivity contribution in [2.24, 2.45) is 0 Å². The Hall–Kier alpha value is -2.43. The Kier molecular flexibility index (Phi) is 3.52. The number of nitrogens with one attached hydrogen (secondary N) is 1. The third kappa shape index (κ3) is 2.82. The molecule has 0 unspecified atom stereocenters. The highest BCUT2D eigenvalue weighted by Crippen LogP contribution is 2.18. The van der Waals surface area contributed by atoms with Gasteiger partial charge in [0, 0.05) is 23.1 Å². The van der Waals surface area contributed by atoms with Gasteiger partial charge >= 0.3 is 0 Å². The summed E-state index contributed by atoms with van der Waals surface area (Å²) < 4.78 is 0. The van der Waals surface area contributed by atoms with Crippen molar-refractivity contribution >= 4 is 17.2 Å². The van der Waals surface area contributed by atoms with Crippen molar-refractivity contribution in [1.29, 1.82) is 0 Å². The number of hydrogen-bond acceptors (Lipinski definition) is 5. The minimum Gasteiger partial charge on any atom is -0.398 e. The van der Waals surface area contributed by atoms with E-state index in [1.807, 2.05) is 18.2 Å². The molecule has 0 atom stereocenters. The van der Waals surface area contributed by atoms with Crippen molar-refractivity contribution in [3.8, 4) is 0 Å². The Labute approximate surface area is 105 Å². The normalized spacial score (nSPS) is 10.1. The molecule has 0 radical (unpaired) electrons. The zero-order valence-electron chi connectivity index (χ0n) is 10.1. The number of benzene rings is 1. The van der Waals surface area contributed by atoms with Crippen LogP contribution in [0, 0.1) is 0 Å². The third-order valence-corrected chi connectivity index (χ3v) is 2.53. The number of rotatable bonds is 4. The number of nitrogens with two attached hydrogens (primary N) is 1. The van der Waals surface area contributed by atoms with Gasteiger partial charge in [0.05, 0.1) is 12.2 Å². The number of ketones is 1. The summed E-state index contributed by atoms with van der Waals surface area (Å²) in [6, 6.07) is 9.00. The molecule has 0 spiro atoms. The van der Waals surface area contributed by atoms with Crippen molar-refractivity contribution in [2.45, 2.75) is 13.5 Å². The van der Waals surface area contributed by atoms with Gasteiger partial charge in [-0.2, -0.15) is 10.2 Å². The van der Waals surface area contributed by atoms with E-state index in [-0.39, 0.29) is 5.78 Å². The lowest BCUT2D eigenvalue weighted by Gasteiger charge is -2.08.